The Morgan fingerprint density at radius 3 is 1.72 bits per heavy atom. The molecular formula is C44H74O6. The van der Waals surface area contributed by atoms with E-state index in [9.17, 15) is 19.8 Å². The van der Waals surface area contributed by atoms with Gasteiger partial charge in [-0.15, -0.1) is 0 Å². The monoisotopic (exact) mass is 699 g/mol. The van der Waals surface area contributed by atoms with Crippen LogP contribution in [0, 0.1) is 5.92 Å². The molecule has 50 heavy (non-hydrogen) atoms. The minimum Gasteiger partial charge on any atom is -0.462 e. The highest BCUT2D eigenvalue weighted by atomic mass is 16.6. The summed E-state index contributed by atoms with van der Waals surface area (Å²) in [5.41, 5.74) is 0. The fourth-order valence-corrected chi connectivity index (χ4v) is 5.26. The molecule has 2 N–H and O–H groups in total. The van der Waals surface area contributed by atoms with Crippen LogP contribution in [-0.4, -0.2) is 47.6 Å². The number of aliphatic hydroxyl groups excluding tert-OH is 2. The second-order valence-electron chi connectivity index (χ2n) is 13.7. The van der Waals surface area contributed by atoms with Crippen LogP contribution in [0.1, 0.15) is 162 Å². The molecule has 0 bridgehead atoms. The van der Waals surface area contributed by atoms with Crippen LogP contribution >= 0.6 is 0 Å². The fraction of sp³-hybridized carbons (Fsp3) is 0.682. The summed E-state index contributed by atoms with van der Waals surface area (Å²) < 4.78 is 10.5. The van der Waals surface area contributed by atoms with E-state index in [0.29, 0.717) is 19.3 Å². The van der Waals surface area contributed by atoms with Crippen LogP contribution in [0.15, 0.2) is 72.9 Å². The van der Waals surface area contributed by atoms with Gasteiger partial charge in [0.2, 0.25) is 0 Å². The Kier molecular flexibility index (Phi) is 35.5. The Bertz CT molecular complexity index is 958. The Hall–Kier alpha value is -2.70. The lowest BCUT2D eigenvalue weighted by molar-refractivity contribution is -0.161. The van der Waals surface area contributed by atoms with Crippen molar-refractivity contribution in [1.82, 2.24) is 0 Å². The lowest BCUT2D eigenvalue weighted by atomic mass is 10.0. The highest BCUT2D eigenvalue weighted by Crippen LogP contribution is 2.15. The van der Waals surface area contributed by atoms with Crippen LogP contribution in [0.2, 0.25) is 0 Å². The molecule has 0 heterocycles. The molecule has 0 radical (unpaired) electrons. The Morgan fingerprint density at radius 1 is 0.620 bits per heavy atom. The minimum atomic E-state index is -0.839. The van der Waals surface area contributed by atoms with E-state index in [1.165, 1.54) is 70.6 Å². The van der Waals surface area contributed by atoms with Crippen LogP contribution in [0.3, 0.4) is 0 Å². The van der Waals surface area contributed by atoms with Crippen molar-refractivity contribution < 1.29 is 29.3 Å². The molecule has 2 atom stereocenters. The van der Waals surface area contributed by atoms with E-state index in [0.717, 1.165) is 50.9 Å². The SMILES string of the molecule is CC/C=C\C/C=C\C/C=C\C/C=C\C=C/C(O)C/C=C\CCC(=O)OC[C@H](CO)OC(=O)CCCCCCCCCCCCCCCC(C)C. The molecule has 0 aliphatic carbocycles. The number of ether oxygens (including phenoxy) is 2. The van der Waals surface area contributed by atoms with Crippen LogP contribution in [0.25, 0.3) is 0 Å². The van der Waals surface area contributed by atoms with Crippen molar-refractivity contribution in [2.24, 2.45) is 5.92 Å². The molecule has 1 unspecified atom stereocenters. The summed E-state index contributed by atoms with van der Waals surface area (Å²) in [6.07, 6.45) is 45.7. The zero-order chi connectivity index (χ0) is 36.8. The lowest BCUT2D eigenvalue weighted by Gasteiger charge is -2.15. The third-order valence-electron chi connectivity index (χ3n) is 8.29. The third-order valence-corrected chi connectivity index (χ3v) is 8.29. The normalized spacial score (nSPS) is 13.7. The van der Waals surface area contributed by atoms with E-state index in [-0.39, 0.29) is 25.6 Å². The molecule has 0 saturated heterocycles. The van der Waals surface area contributed by atoms with E-state index in [1.807, 2.05) is 30.4 Å². The number of hydrogen-bond donors (Lipinski definition) is 2. The van der Waals surface area contributed by atoms with Crippen molar-refractivity contribution in [3.63, 3.8) is 0 Å². The summed E-state index contributed by atoms with van der Waals surface area (Å²) >= 11 is 0. The van der Waals surface area contributed by atoms with Gasteiger partial charge in [0.25, 0.3) is 0 Å². The Morgan fingerprint density at radius 2 is 1.16 bits per heavy atom. The summed E-state index contributed by atoms with van der Waals surface area (Å²) in [4.78, 5) is 24.3. The molecule has 0 aromatic heterocycles. The number of carbonyl (C=O) groups is 2. The molecule has 0 aliphatic heterocycles. The van der Waals surface area contributed by atoms with E-state index in [1.54, 1.807) is 6.08 Å². The number of aliphatic hydroxyl groups is 2. The van der Waals surface area contributed by atoms with Crippen LogP contribution in [0.4, 0.5) is 0 Å². The highest BCUT2D eigenvalue weighted by Gasteiger charge is 2.16. The molecule has 0 spiro atoms. The van der Waals surface area contributed by atoms with Gasteiger partial charge in [-0.1, -0.05) is 177 Å². The second kappa shape index (κ2) is 37.6. The Labute approximate surface area is 306 Å². The zero-order valence-corrected chi connectivity index (χ0v) is 32.2. The molecular weight excluding hydrogens is 624 g/mol. The van der Waals surface area contributed by atoms with Gasteiger partial charge >= 0.3 is 11.9 Å². The van der Waals surface area contributed by atoms with Gasteiger partial charge in [-0.2, -0.15) is 0 Å². The maximum absolute atomic E-state index is 12.2. The molecule has 0 saturated carbocycles. The number of esters is 2. The number of rotatable bonds is 34. The van der Waals surface area contributed by atoms with Gasteiger partial charge in [-0.3, -0.25) is 9.59 Å². The maximum Gasteiger partial charge on any atom is 0.306 e. The van der Waals surface area contributed by atoms with Crippen molar-refractivity contribution >= 4 is 11.9 Å². The van der Waals surface area contributed by atoms with E-state index >= 15 is 0 Å². The fourth-order valence-electron chi connectivity index (χ4n) is 5.26. The summed E-state index contributed by atoms with van der Waals surface area (Å²) in [6.45, 7) is 6.21. The van der Waals surface area contributed by atoms with Crippen molar-refractivity contribution in [3.05, 3.63) is 72.9 Å². The smallest absolute Gasteiger partial charge is 0.306 e. The molecule has 0 rings (SSSR count). The first-order valence-electron chi connectivity index (χ1n) is 20.0. The topological polar surface area (TPSA) is 93.1 Å². The standard InChI is InChI=1S/C44H74O6/c1-4-5-6-7-8-9-10-12-16-19-22-25-29-34-41(46)35-30-27-32-36-43(47)49-39-42(38-45)50-44(48)37-31-26-23-20-17-14-11-13-15-18-21-24-28-33-40(2)3/h5-6,8-9,12,16,22,25,27,29-30,34,40-42,45-46H,4,7,10-11,13-15,17-21,23-24,26,28,31-33,35-39H2,1-3H3/b6-5-,9-8-,16-12-,25-22-,30-27-,34-29-/t41?,42-/m0/s1. The summed E-state index contributed by atoms with van der Waals surface area (Å²) in [5.74, 6) is 0.0594. The second-order valence-corrected chi connectivity index (χ2v) is 13.7. The first-order chi connectivity index (χ1) is 24.4. The van der Waals surface area contributed by atoms with E-state index < -0.39 is 18.2 Å². The number of carbonyl (C=O) groups excluding carboxylic acids is 2. The summed E-state index contributed by atoms with van der Waals surface area (Å²) in [7, 11) is 0. The van der Waals surface area contributed by atoms with Crippen molar-refractivity contribution in [2.75, 3.05) is 13.2 Å². The van der Waals surface area contributed by atoms with Gasteiger partial charge in [-0.25, -0.2) is 0 Å². The van der Waals surface area contributed by atoms with Gasteiger partial charge in [0.1, 0.15) is 6.61 Å². The quantitative estimate of drug-likeness (QED) is 0.0301. The van der Waals surface area contributed by atoms with Gasteiger partial charge in [0.05, 0.1) is 12.7 Å². The number of allylic oxidation sites excluding steroid dienone is 10. The van der Waals surface area contributed by atoms with Gasteiger partial charge in [0, 0.05) is 12.8 Å². The molecule has 6 nitrogen and oxygen atoms in total. The van der Waals surface area contributed by atoms with Crippen LogP contribution in [-0.2, 0) is 19.1 Å². The van der Waals surface area contributed by atoms with Crippen molar-refractivity contribution in [3.8, 4) is 0 Å². The average molecular weight is 699 g/mol. The molecule has 0 aromatic carbocycles. The minimum absolute atomic E-state index is 0.149. The molecule has 0 fully saturated rings. The Balaban J connectivity index is 3.79. The molecule has 6 heteroatoms. The number of unbranched alkanes of at least 4 members (excludes halogenated alkanes) is 12. The lowest BCUT2D eigenvalue weighted by Crippen LogP contribution is -2.28. The average Bonchev–Trinajstić information content (AvgIpc) is 3.10. The first-order valence-corrected chi connectivity index (χ1v) is 20.0. The molecule has 0 aliphatic rings. The third kappa shape index (κ3) is 36.6. The first kappa shape index (κ1) is 47.3. The van der Waals surface area contributed by atoms with Crippen LogP contribution in [0.5, 0.6) is 0 Å². The molecule has 0 aromatic rings. The predicted octanol–water partition coefficient (Wildman–Crippen LogP) is 11.4. The van der Waals surface area contributed by atoms with Crippen LogP contribution < -0.4 is 0 Å². The largest absolute Gasteiger partial charge is 0.462 e. The maximum atomic E-state index is 12.2. The van der Waals surface area contributed by atoms with Crippen molar-refractivity contribution in [2.45, 2.75) is 174 Å². The van der Waals surface area contributed by atoms with Gasteiger partial charge in [0.15, 0.2) is 6.10 Å². The van der Waals surface area contributed by atoms with E-state index in [4.69, 9.17) is 9.47 Å². The highest BCUT2D eigenvalue weighted by molar-refractivity contribution is 5.70. The van der Waals surface area contributed by atoms with E-state index in [2.05, 4.69) is 57.2 Å². The number of hydrogen-bond acceptors (Lipinski definition) is 6. The molecule has 286 valence electrons. The van der Waals surface area contributed by atoms with Gasteiger partial charge in [-0.05, 0) is 50.9 Å². The summed E-state index contributed by atoms with van der Waals surface area (Å²) in [6, 6.07) is 0. The van der Waals surface area contributed by atoms with Crippen molar-refractivity contribution in [1.29, 1.82) is 0 Å². The van der Waals surface area contributed by atoms with Gasteiger partial charge < -0.3 is 19.7 Å². The predicted molar refractivity (Wildman–Crippen MR) is 211 cm³/mol. The summed E-state index contributed by atoms with van der Waals surface area (Å²) in [5, 5.41) is 19.6. The zero-order valence-electron chi connectivity index (χ0n) is 32.2. The molecule has 0 amide bonds.